The molecule has 2 bridgehead atoms. The maximum absolute atomic E-state index is 12.2. The van der Waals surface area contributed by atoms with Crippen molar-refractivity contribution in [2.75, 3.05) is 6.54 Å². The quantitative estimate of drug-likeness (QED) is 0.887. The van der Waals surface area contributed by atoms with Gasteiger partial charge in [-0.1, -0.05) is 0 Å². The molecule has 0 spiro atoms. The van der Waals surface area contributed by atoms with Crippen molar-refractivity contribution < 1.29 is 4.79 Å². The summed E-state index contributed by atoms with van der Waals surface area (Å²) in [4.78, 5) is 12.2. The zero-order valence-electron chi connectivity index (χ0n) is 11.0. The normalized spacial score (nSPS) is 27.9. The van der Waals surface area contributed by atoms with Crippen LogP contribution in [0, 0.1) is 5.92 Å². The van der Waals surface area contributed by atoms with E-state index in [4.69, 9.17) is 0 Å². The molecule has 3 heterocycles. The van der Waals surface area contributed by atoms with Gasteiger partial charge < -0.3 is 10.6 Å². The number of fused-ring (bicyclic) bond motifs is 2. The van der Waals surface area contributed by atoms with E-state index in [1.54, 1.807) is 23.7 Å². The predicted molar refractivity (Wildman–Crippen MR) is 77.8 cm³/mol. The van der Waals surface area contributed by atoms with Crippen molar-refractivity contribution in [3.05, 3.63) is 29.2 Å². The average Bonchev–Trinajstić information content (AvgIpc) is 3.21. The molecule has 3 atom stereocenters. The maximum Gasteiger partial charge on any atom is 0.342 e. The predicted octanol–water partition coefficient (Wildman–Crippen LogP) is 1.92. The highest BCUT2D eigenvalue weighted by atomic mass is 32.1. The first-order valence-corrected chi connectivity index (χ1v) is 7.85. The minimum absolute atomic E-state index is 0.133. The molecule has 1 saturated carbocycles. The maximum atomic E-state index is 12.2. The highest BCUT2D eigenvalue weighted by molar-refractivity contribution is 7.08. The molecule has 20 heavy (non-hydrogen) atoms. The fourth-order valence-electron chi connectivity index (χ4n) is 3.25. The molecule has 104 valence electrons. The smallest absolute Gasteiger partial charge is 0.332 e. The molecule has 2 aromatic heterocycles. The SMILES string of the molecule is O=C(NC1CC2CNC1C2)n1cc(-c2ccsc2)cn1. The lowest BCUT2D eigenvalue weighted by Crippen LogP contribution is -2.49. The zero-order valence-corrected chi connectivity index (χ0v) is 11.8. The van der Waals surface area contributed by atoms with Crippen LogP contribution >= 0.6 is 11.3 Å². The molecular weight excluding hydrogens is 272 g/mol. The lowest BCUT2D eigenvalue weighted by molar-refractivity contribution is 0.231. The van der Waals surface area contributed by atoms with Crippen LogP contribution in [-0.4, -0.2) is 34.4 Å². The van der Waals surface area contributed by atoms with Gasteiger partial charge in [0.2, 0.25) is 0 Å². The van der Waals surface area contributed by atoms with E-state index in [-0.39, 0.29) is 12.1 Å². The van der Waals surface area contributed by atoms with E-state index in [0.29, 0.717) is 6.04 Å². The summed E-state index contributed by atoms with van der Waals surface area (Å²) in [7, 11) is 0. The average molecular weight is 288 g/mol. The summed E-state index contributed by atoms with van der Waals surface area (Å²) in [6, 6.07) is 2.58. The Labute approximate surface area is 121 Å². The van der Waals surface area contributed by atoms with Gasteiger partial charge in [-0.2, -0.15) is 21.1 Å². The van der Waals surface area contributed by atoms with E-state index < -0.39 is 0 Å². The van der Waals surface area contributed by atoms with Gasteiger partial charge in [-0.05, 0) is 47.7 Å². The fraction of sp³-hybridized carbons (Fsp3) is 0.429. The summed E-state index contributed by atoms with van der Waals surface area (Å²) in [6.07, 6.45) is 5.80. The number of hydrogen-bond acceptors (Lipinski definition) is 4. The standard InChI is InChI=1S/C14H16N4OS/c19-14(17-13-4-9-3-12(13)15-5-9)18-7-11(6-16-18)10-1-2-20-8-10/h1-2,6-9,12-13,15H,3-5H2,(H,17,19). The molecule has 1 aliphatic heterocycles. The molecule has 0 aromatic carbocycles. The summed E-state index contributed by atoms with van der Waals surface area (Å²) < 4.78 is 1.40. The van der Waals surface area contributed by atoms with Gasteiger partial charge in [0.15, 0.2) is 0 Å². The summed E-state index contributed by atoms with van der Waals surface area (Å²) in [6.45, 7) is 1.10. The van der Waals surface area contributed by atoms with Crippen LogP contribution in [0.3, 0.4) is 0 Å². The molecule has 1 amide bonds. The molecule has 4 rings (SSSR count). The van der Waals surface area contributed by atoms with Crippen LogP contribution in [-0.2, 0) is 0 Å². The van der Waals surface area contributed by atoms with Gasteiger partial charge in [0, 0.05) is 23.8 Å². The van der Waals surface area contributed by atoms with Crippen LogP contribution in [0.1, 0.15) is 12.8 Å². The largest absolute Gasteiger partial charge is 0.342 e. The molecular formula is C14H16N4OS. The molecule has 3 unspecified atom stereocenters. The van der Waals surface area contributed by atoms with Crippen LogP contribution in [0.15, 0.2) is 29.2 Å². The second-order valence-corrected chi connectivity index (χ2v) is 6.37. The van der Waals surface area contributed by atoms with Crippen molar-refractivity contribution in [2.45, 2.75) is 24.9 Å². The Kier molecular flexibility index (Phi) is 2.85. The number of amides is 1. The third-order valence-corrected chi connectivity index (χ3v) is 4.97. The third-order valence-electron chi connectivity index (χ3n) is 4.28. The first-order chi connectivity index (χ1) is 9.79. The van der Waals surface area contributed by atoms with Crippen LogP contribution in [0.2, 0.25) is 0 Å². The lowest BCUT2D eigenvalue weighted by atomic mass is 10.1. The van der Waals surface area contributed by atoms with Gasteiger partial charge in [-0.3, -0.25) is 0 Å². The molecule has 2 aliphatic rings. The number of thiophene rings is 1. The van der Waals surface area contributed by atoms with Crippen molar-refractivity contribution in [1.29, 1.82) is 0 Å². The summed E-state index contributed by atoms with van der Waals surface area (Å²) in [5, 5.41) is 14.8. The Morgan fingerprint density at radius 1 is 1.45 bits per heavy atom. The Hall–Kier alpha value is -1.66. The molecule has 1 aliphatic carbocycles. The van der Waals surface area contributed by atoms with Crippen molar-refractivity contribution in [2.24, 2.45) is 5.92 Å². The Bertz CT molecular complexity index is 621. The molecule has 2 fully saturated rings. The fourth-order valence-corrected chi connectivity index (χ4v) is 3.91. The van der Waals surface area contributed by atoms with E-state index in [0.717, 1.165) is 30.0 Å². The molecule has 1 saturated heterocycles. The van der Waals surface area contributed by atoms with Crippen LogP contribution in [0.5, 0.6) is 0 Å². The first kappa shape index (κ1) is 12.1. The first-order valence-electron chi connectivity index (χ1n) is 6.91. The number of hydrogen-bond donors (Lipinski definition) is 2. The summed E-state index contributed by atoms with van der Waals surface area (Å²) in [5.41, 5.74) is 2.09. The van der Waals surface area contributed by atoms with E-state index in [1.165, 1.54) is 11.1 Å². The second-order valence-electron chi connectivity index (χ2n) is 5.59. The molecule has 2 aromatic rings. The van der Waals surface area contributed by atoms with Crippen LogP contribution < -0.4 is 10.6 Å². The van der Waals surface area contributed by atoms with Crippen molar-refractivity contribution in [1.82, 2.24) is 20.4 Å². The van der Waals surface area contributed by atoms with E-state index >= 15 is 0 Å². The Morgan fingerprint density at radius 3 is 3.10 bits per heavy atom. The van der Waals surface area contributed by atoms with Crippen LogP contribution in [0.25, 0.3) is 11.1 Å². The number of piperidine rings is 1. The van der Waals surface area contributed by atoms with Crippen molar-refractivity contribution in [3.8, 4) is 11.1 Å². The number of aromatic nitrogens is 2. The van der Waals surface area contributed by atoms with Gasteiger partial charge in [-0.25, -0.2) is 4.79 Å². The highest BCUT2D eigenvalue weighted by Gasteiger charge is 2.40. The van der Waals surface area contributed by atoms with Gasteiger partial charge in [0.1, 0.15) is 0 Å². The second kappa shape index (κ2) is 4.71. The Balaban J connectivity index is 1.46. The third kappa shape index (κ3) is 2.05. The molecule has 6 heteroatoms. The van der Waals surface area contributed by atoms with Gasteiger partial charge in [0.05, 0.1) is 6.20 Å². The summed E-state index contributed by atoms with van der Waals surface area (Å²) in [5.74, 6) is 0.726. The lowest BCUT2D eigenvalue weighted by Gasteiger charge is -2.23. The Morgan fingerprint density at radius 2 is 2.40 bits per heavy atom. The number of carbonyl (C=O) groups excluding carboxylic acids is 1. The van der Waals surface area contributed by atoms with E-state index in [9.17, 15) is 4.79 Å². The van der Waals surface area contributed by atoms with Gasteiger partial charge in [0.25, 0.3) is 0 Å². The number of nitrogens with one attached hydrogen (secondary N) is 2. The summed E-state index contributed by atoms with van der Waals surface area (Å²) >= 11 is 1.64. The van der Waals surface area contributed by atoms with Crippen molar-refractivity contribution >= 4 is 17.4 Å². The molecule has 0 radical (unpaired) electrons. The zero-order chi connectivity index (χ0) is 13.5. The van der Waals surface area contributed by atoms with E-state index in [2.05, 4.69) is 21.1 Å². The monoisotopic (exact) mass is 288 g/mol. The minimum atomic E-state index is -0.133. The van der Waals surface area contributed by atoms with Crippen molar-refractivity contribution in [3.63, 3.8) is 0 Å². The molecule has 5 nitrogen and oxygen atoms in total. The number of carbonyl (C=O) groups is 1. The number of nitrogens with zero attached hydrogens (tertiary/aromatic N) is 2. The van der Waals surface area contributed by atoms with Gasteiger partial charge in [-0.15, -0.1) is 0 Å². The topological polar surface area (TPSA) is 59.0 Å². The number of rotatable bonds is 2. The molecule has 2 N–H and O–H groups in total. The van der Waals surface area contributed by atoms with E-state index in [1.807, 2.05) is 11.4 Å². The van der Waals surface area contributed by atoms with Crippen LogP contribution in [0.4, 0.5) is 4.79 Å². The van der Waals surface area contributed by atoms with Gasteiger partial charge >= 0.3 is 6.03 Å². The highest BCUT2D eigenvalue weighted by Crippen LogP contribution is 2.31. The minimum Gasteiger partial charge on any atom is -0.332 e.